The molecule has 2 atom stereocenters. The summed E-state index contributed by atoms with van der Waals surface area (Å²) in [5, 5.41) is 3.63. The molecule has 0 bridgehead atoms. The first-order valence-electron chi connectivity index (χ1n) is 7.17. The Hall–Kier alpha value is -0.870. The summed E-state index contributed by atoms with van der Waals surface area (Å²) in [5.74, 6) is 2.15. The van der Waals surface area contributed by atoms with Crippen LogP contribution < -0.4 is 5.32 Å². The summed E-state index contributed by atoms with van der Waals surface area (Å²) >= 11 is 0. The van der Waals surface area contributed by atoms with Crippen LogP contribution >= 0.6 is 0 Å². The van der Waals surface area contributed by atoms with Gasteiger partial charge in [0, 0.05) is 57.6 Å². The molecule has 2 fully saturated rings. The molecule has 100 valence electrons. The molecule has 1 aromatic heterocycles. The Morgan fingerprint density at radius 1 is 1.44 bits per heavy atom. The summed E-state index contributed by atoms with van der Waals surface area (Å²) in [5.41, 5.74) is 0. The predicted molar refractivity (Wildman–Crippen MR) is 72.5 cm³/mol. The van der Waals surface area contributed by atoms with Gasteiger partial charge in [-0.15, -0.1) is 0 Å². The number of nitrogens with zero attached hydrogens (tertiary/aromatic N) is 3. The van der Waals surface area contributed by atoms with Crippen LogP contribution in [0.3, 0.4) is 0 Å². The molecule has 0 aromatic carbocycles. The van der Waals surface area contributed by atoms with E-state index >= 15 is 0 Å². The number of rotatable bonds is 4. The molecule has 0 amide bonds. The molecule has 0 spiro atoms. The minimum atomic E-state index is 0.626. The second-order valence-corrected chi connectivity index (χ2v) is 5.91. The minimum Gasteiger partial charge on any atom is -0.338 e. The fraction of sp³-hybridized carbons (Fsp3) is 0.786. The zero-order valence-corrected chi connectivity index (χ0v) is 11.5. The van der Waals surface area contributed by atoms with Gasteiger partial charge >= 0.3 is 0 Å². The van der Waals surface area contributed by atoms with Gasteiger partial charge in [-0.2, -0.15) is 0 Å². The van der Waals surface area contributed by atoms with Crippen molar-refractivity contribution in [2.24, 2.45) is 13.0 Å². The molecule has 1 N–H and O–H groups in total. The second-order valence-electron chi connectivity index (χ2n) is 5.91. The Kier molecular flexibility index (Phi) is 3.39. The van der Waals surface area contributed by atoms with Gasteiger partial charge in [0.15, 0.2) is 0 Å². The van der Waals surface area contributed by atoms with Crippen molar-refractivity contribution in [1.29, 1.82) is 0 Å². The number of nitrogens with one attached hydrogen (secondary N) is 1. The van der Waals surface area contributed by atoms with E-state index in [2.05, 4.69) is 33.7 Å². The van der Waals surface area contributed by atoms with E-state index in [-0.39, 0.29) is 0 Å². The first-order valence-corrected chi connectivity index (χ1v) is 7.17. The quantitative estimate of drug-likeness (QED) is 0.864. The third kappa shape index (κ3) is 2.59. The SMILES string of the molecule is CC1CN(CCc2nccn2C)C(C2CC2)CN1. The first kappa shape index (κ1) is 12.2. The van der Waals surface area contributed by atoms with Gasteiger partial charge in [0.2, 0.25) is 0 Å². The molecule has 2 unspecified atom stereocenters. The zero-order chi connectivity index (χ0) is 12.5. The van der Waals surface area contributed by atoms with E-state index in [4.69, 9.17) is 0 Å². The summed E-state index contributed by atoms with van der Waals surface area (Å²) in [6.45, 7) is 5.80. The molecular formula is C14H24N4. The van der Waals surface area contributed by atoms with Crippen molar-refractivity contribution >= 4 is 0 Å². The van der Waals surface area contributed by atoms with Gasteiger partial charge < -0.3 is 9.88 Å². The zero-order valence-electron chi connectivity index (χ0n) is 11.5. The molecule has 2 aliphatic rings. The molecule has 1 aliphatic carbocycles. The van der Waals surface area contributed by atoms with E-state index in [1.54, 1.807) is 0 Å². The summed E-state index contributed by atoms with van der Waals surface area (Å²) in [6.07, 6.45) is 7.86. The van der Waals surface area contributed by atoms with Crippen LogP contribution in [0.5, 0.6) is 0 Å². The molecule has 18 heavy (non-hydrogen) atoms. The summed E-state index contributed by atoms with van der Waals surface area (Å²) in [4.78, 5) is 7.11. The standard InChI is InChI=1S/C14H24N4/c1-11-10-18(13(9-16-11)12-3-4-12)7-5-14-15-6-8-17(14)2/h6,8,11-13,16H,3-5,7,9-10H2,1-2H3. The molecule has 1 aliphatic heterocycles. The molecule has 1 saturated carbocycles. The van der Waals surface area contributed by atoms with Gasteiger partial charge in [-0.05, 0) is 25.7 Å². The van der Waals surface area contributed by atoms with Crippen LogP contribution in [0.15, 0.2) is 12.4 Å². The maximum atomic E-state index is 4.43. The van der Waals surface area contributed by atoms with E-state index in [0.717, 1.165) is 24.9 Å². The lowest BCUT2D eigenvalue weighted by molar-refractivity contribution is 0.120. The van der Waals surface area contributed by atoms with Crippen molar-refractivity contribution < 1.29 is 0 Å². The van der Waals surface area contributed by atoms with Crippen molar-refractivity contribution in [2.45, 2.75) is 38.3 Å². The lowest BCUT2D eigenvalue weighted by Crippen LogP contribution is -2.56. The van der Waals surface area contributed by atoms with Crippen molar-refractivity contribution in [2.75, 3.05) is 19.6 Å². The number of aromatic nitrogens is 2. The smallest absolute Gasteiger partial charge is 0.109 e. The molecule has 1 saturated heterocycles. The van der Waals surface area contributed by atoms with Gasteiger partial charge in [-0.3, -0.25) is 4.90 Å². The highest BCUT2D eigenvalue weighted by molar-refractivity contribution is 4.97. The van der Waals surface area contributed by atoms with E-state index in [0.29, 0.717) is 6.04 Å². The highest BCUT2D eigenvalue weighted by Gasteiger charge is 2.37. The van der Waals surface area contributed by atoms with Crippen LogP contribution in [0.2, 0.25) is 0 Å². The van der Waals surface area contributed by atoms with Crippen molar-refractivity contribution in [3.8, 4) is 0 Å². The predicted octanol–water partition coefficient (Wildman–Crippen LogP) is 1.03. The van der Waals surface area contributed by atoms with Crippen molar-refractivity contribution in [1.82, 2.24) is 19.8 Å². The molecular weight excluding hydrogens is 224 g/mol. The van der Waals surface area contributed by atoms with Crippen LogP contribution in [0, 0.1) is 5.92 Å². The number of hydrogen-bond acceptors (Lipinski definition) is 3. The van der Waals surface area contributed by atoms with Crippen LogP contribution in [0.25, 0.3) is 0 Å². The molecule has 2 heterocycles. The number of imidazole rings is 1. The fourth-order valence-corrected chi connectivity index (χ4v) is 3.09. The van der Waals surface area contributed by atoms with Crippen LogP contribution in [-0.4, -0.2) is 46.2 Å². The maximum absolute atomic E-state index is 4.43. The summed E-state index contributed by atoms with van der Waals surface area (Å²) in [6, 6.07) is 1.39. The summed E-state index contributed by atoms with van der Waals surface area (Å²) in [7, 11) is 2.08. The highest BCUT2D eigenvalue weighted by Crippen LogP contribution is 2.36. The molecule has 1 aromatic rings. The Morgan fingerprint density at radius 3 is 2.94 bits per heavy atom. The normalized spacial score (nSPS) is 29.7. The third-order valence-corrected chi connectivity index (χ3v) is 4.36. The summed E-state index contributed by atoms with van der Waals surface area (Å²) < 4.78 is 2.14. The van der Waals surface area contributed by atoms with Crippen molar-refractivity contribution in [3.63, 3.8) is 0 Å². The molecule has 4 nitrogen and oxygen atoms in total. The Balaban J connectivity index is 1.60. The number of hydrogen-bond donors (Lipinski definition) is 1. The van der Waals surface area contributed by atoms with Crippen LogP contribution in [-0.2, 0) is 13.5 Å². The van der Waals surface area contributed by atoms with Gasteiger partial charge in [0.1, 0.15) is 5.82 Å². The average Bonchev–Trinajstić information content (AvgIpc) is 3.11. The number of piperazine rings is 1. The first-order chi connectivity index (χ1) is 8.74. The topological polar surface area (TPSA) is 33.1 Å². The second kappa shape index (κ2) is 5.02. The Morgan fingerprint density at radius 2 is 2.28 bits per heavy atom. The lowest BCUT2D eigenvalue weighted by atomic mass is 10.1. The maximum Gasteiger partial charge on any atom is 0.109 e. The van der Waals surface area contributed by atoms with Gasteiger partial charge in [-0.25, -0.2) is 4.98 Å². The van der Waals surface area contributed by atoms with Gasteiger partial charge in [-0.1, -0.05) is 0 Å². The van der Waals surface area contributed by atoms with Crippen LogP contribution in [0.1, 0.15) is 25.6 Å². The van der Waals surface area contributed by atoms with E-state index in [1.807, 2.05) is 12.4 Å². The lowest BCUT2D eigenvalue weighted by Gasteiger charge is -2.39. The molecule has 4 heteroatoms. The Bertz CT molecular complexity index is 396. The van der Waals surface area contributed by atoms with E-state index in [1.165, 1.54) is 31.8 Å². The Labute approximate surface area is 109 Å². The van der Waals surface area contributed by atoms with E-state index < -0.39 is 0 Å². The van der Waals surface area contributed by atoms with Gasteiger partial charge in [0.25, 0.3) is 0 Å². The molecule has 0 radical (unpaired) electrons. The van der Waals surface area contributed by atoms with Gasteiger partial charge in [0.05, 0.1) is 0 Å². The minimum absolute atomic E-state index is 0.626. The van der Waals surface area contributed by atoms with E-state index in [9.17, 15) is 0 Å². The fourth-order valence-electron chi connectivity index (χ4n) is 3.09. The number of aryl methyl sites for hydroxylation is 1. The van der Waals surface area contributed by atoms with Crippen LogP contribution in [0.4, 0.5) is 0 Å². The largest absolute Gasteiger partial charge is 0.338 e. The van der Waals surface area contributed by atoms with Crippen molar-refractivity contribution in [3.05, 3.63) is 18.2 Å². The monoisotopic (exact) mass is 248 g/mol. The molecule has 3 rings (SSSR count). The third-order valence-electron chi connectivity index (χ3n) is 4.36. The highest BCUT2D eigenvalue weighted by atomic mass is 15.2. The average molecular weight is 248 g/mol.